The van der Waals surface area contributed by atoms with Crippen molar-refractivity contribution in [3.8, 4) is 17.1 Å². The molecule has 0 spiro atoms. The van der Waals surface area contributed by atoms with E-state index in [1.54, 1.807) is 25.1 Å². The van der Waals surface area contributed by atoms with Gasteiger partial charge in [0.2, 0.25) is 0 Å². The van der Waals surface area contributed by atoms with Crippen molar-refractivity contribution in [1.82, 2.24) is 5.16 Å². The maximum atomic E-state index is 13.0. The average Bonchev–Trinajstić information content (AvgIpc) is 3.06. The fraction of sp³-hybridized carbons (Fsp3) is 0.158. The molecule has 0 amide bonds. The summed E-state index contributed by atoms with van der Waals surface area (Å²) in [7, 11) is 0. The van der Waals surface area contributed by atoms with Crippen LogP contribution in [0.5, 0.6) is 5.75 Å². The molecule has 0 saturated carbocycles. The van der Waals surface area contributed by atoms with Crippen molar-refractivity contribution in [2.45, 2.75) is 13.5 Å². The monoisotopic (exact) mass is 386 g/mol. The number of nitrogens with zero attached hydrogens (tertiary/aromatic N) is 2. The summed E-state index contributed by atoms with van der Waals surface area (Å²) in [6, 6.07) is 11.4. The highest BCUT2D eigenvalue weighted by Crippen LogP contribution is 2.27. The summed E-state index contributed by atoms with van der Waals surface area (Å²) in [5.74, 6) is -0.666. The minimum Gasteiger partial charge on any atom is -0.475 e. The Hall–Kier alpha value is -3.75. The van der Waals surface area contributed by atoms with Crippen molar-refractivity contribution in [3.63, 3.8) is 0 Å². The Bertz CT molecular complexity index is 1000. The van der Waals surface area contributed by atoms with Crippen LogP contribution in [-0.4, -0.2) is 22.7 Å². The first-order chi connectivity index (χ1) is 13.5. The summed E-state index contributed by atoms with van der Waals surface area (Å²) >= 11 is 0. The normalized spacial score (nSPS) is 10.5. The van der Waals surface area contributed by atoms with Crippen molar-refractivity contribution in [2.75, 3.05) is 6.61 Å². The Balaban J connectivity index is 1.58. The molecule has 0 fully saturated rings. The van der Waals surface area contributed by atoms with Gasteiger partial charge in [-0.3, -0.25) is 10.1 Å². The van der Waals surface area contributed by atoms with E-state index in [0.717, 1.165) is 0 Å². The predicted molar refractivity (Wildman–Crippen MR) is 95.0 cm³/mol. The van der Waals surface area contributed by atoms with Crippen LogP contribution in [0, 0.1) is 22.9 Å². The maximum absolute atomic E-state index is 13.0. The van der Waals surface area contributed by atoms with Gasteiger partial charge in [0, 0.05) is 17.2 Å². The molecule has 3 aromatic rings. The van der Waals surface area contributed by atoms with E-state index in [2.05, 4.69) is 5.16 Å². The lowest BCUT2D eigenvalue weighted by atomic mass is 10.1. The summed E-state index contributed by atoms with van der Waals surface area (Å²) in [6.07, 6.45) is 0. The fourth-order valence-corrected chi connectivity index (χ4v) is 2.43. The van der Waals surface area contributed by atoms with E-state index in [9.17, 15) is 19.3 Å². The first kappa shape index (κ1) is 19.0. The molecular formula is C19H15FN2O6. The molecule has 0 aliphatic rings. The lowest BCUT2D eigenvalue weighted by molar-refractivity contribution is -0.385. The molecule has 0 atom stereocenters. The van der Waals surface area contributed by atoms with E-state index in [1.807, 2.05) is 0 Å². The van der Waals surface area contributed by atoms with E-state index in [4.69, 9.17) is 14.0 Å². The molecule has 144 valence electrons. The van der Waals surface area contributed by atoms with Gasteiger partial charge in [-0.1, -0.05) is 17.3 Å². The molecule has 0 aliphatic heterocycles. The van der Waals surface area contributed by atoms with Gasteiger partial charge in [-0.25, -0.2) is 9.18 Å². The summed E-state index contributed by atoms with van der Waals surface area (Å²) in [5.41, 5.74) is 1.45. The predicted octanol–water partition coefficient (Wildman–Crippen LogP) is 3.82. The van der Waals surface area contributed by atoms with E-state index >= 15 is 0 Å². The number of para-hydroxylation sites is 2. The maximum Gasteiger partial charge on any atom is 0.344 e. The average molecular weight is 386 g/mol. The number of carbonyl (C=O) groups excluding carboxylic acids is 1. The van der Waals surface area contributed by atoms with Gasteiger partial charge in [-0.15, -0.1) is 0 Å². The second-order valence-corrected chi connectivity index (χ2v) is 5.76. The third kappa shape index (κ3) is 4.32. The minimum absolute atomic E-state index is 0.0272. The smallest absolute Gasteiger partial charge is 0.344 e. The number of hydrogen-bond donors (Lipinski definition) is 0. The lowest BCUT2D eigenvalue weighted by Crippen LogP contribution is -2.15. The van der Waals surface area contributed by atoms with Crippen LogP contribution in [0.1, 0.15) is 11.3 Å². The number of ether oxygens (including phenoxy) is 2. The highest BCUT2D eigenvalue weighted by atomic mass is 19.1. The zero-order valence-corrected chi connectivity index (χ0v) is 14.8. The number of nitro groups is 1. The molecule has 8 nitrogen and oxygen atoms in total. The Morgan fingerprint density at radius 2 is 1.93 bits per heavy atom. The molecule has 3 rings (SSSR count). The molecule has 1 heterocycles. The molecule has 0 aliphatic carbocycles. The van der Waals surface area contributed by atoms with Gasteiger partial charge in [0.25, 0.3) is 0 Å². The topological polar surface area (TPSA) is 105 Å². The molecule has 0 unspecified atom stereocenters. The number of benzene rings is 2. The van der Waals surface area contributed by atoms with Crippen molar-refractivity contribution in [3.05, 3.63) is 75.7 Å². The van der Waals surface area contributed by atoms with Gasteiger partial charge < -0.3 is 14.0 Å². The molecule has 0 N–H and O–H groups in total. The molecular weight excluding hydrogens is 371 g/mol. The number of rotatable bonds is 7. The Morgan fingerprint density at radius 1 is 1.21 bits per heavy atom. The molecule has 2 aromatic carbocycles. The quantitative estimate of drug-likeness (QED) is 0.345. The van der Waals surface area contributed by atoms with E-state index in [-0.39, 0.29) is 23.9 Å². The number of carbonyl (C=O) groups is 1. The van der Waals surface area contributed by atoms with Gasteiger partial charge >= 0.3 is 11.7 Å². The molecule has 1 aromatic heterocycles. The number of esters is 1. The third-order valence-corrected chi connectivity index (χ3v) is 3.90. The van der Waals surface area contributed by atoms with Gasteiger partial charge in [-0.2, -0.15) is 0 Å². The van der Waals surface area contributed by atoms with Crippen LogP contribution in [0.15, 0.2) is 53.1 Å². The molecule has 0 radical (unpaired) electrons. The van der Waals surface area contributed by atoms with Gasteiger partial charge in [0.05, 0.1) is 4.92 Å². The summed E-state index contributed by atoms with van der Waals surface area (Å²) in [5, 5.41) is 14.8. The second-order valence-electron chi connectivity index (χ2n) is 5.76. The van der Waals surface area contributed by atoms with E-state index in [1.165, 1.54) is 30.3 Å². The van der Waals surface area contributed by atoms with Crippen molar-refractivity contribution in [2.24, 2.45) is 0 Å². The zero-order valence-electron chi connectivity index (χ0n) is 14.8. The number of hydrogen-bond acceptors (Lipinski definition) is 7. The molecule has 9 heteroatoms. The summed E-state index contributed by atoms with van der Waals surface area (Å²) < 4.78 is 28.5. The van der Waals surface area contributed by atoms with Gasteiger partial charge in [-0.05, 0) is 37.3 Å². The van der Waals surface area contributed by atoms with Gasteiger partial charge in [0.15, 0.2) is 18.1 Å². The summed E-state index contributed by atoms with van der Waals surface area (Å²) in [6.45, 7) is 1.09. The highest BCUT2D eigenvalue weighted by molar-refractivity contribution is 5.71. The van der Waals surface area contributed by atoms with Crippen LogP contribution in [-0.2, 0) is 16.1 Å². The standard InChI is InChI=1S/C19H15FN2O6/c1-12-15(21-28-19(12)13-6-8-14(20)9-7-13)10-27-18(23)11-26-17-5-3-2-4-16(17)22(24)25/h2-9H,10-11H2,1H3. The third-order valence-electron chi connectivity index (χ3n) is 3.90. The van der Waals surface area contributed by atoms with Crippen LogP contribution in [0.3, 0.4) is 0 Å². The van der Waals surface area contributed by atoms with Crippen LogP contribution >= 0.6 is 0 Å². The Labute approximate surface area is 158 Å². The Kier molecular flexibility index (Phi) is 5.64. The van der Waals surface area contributed by atoms with E-state index in [0.29, 0.717) is 22.6 Å². The Morgan fingerprint density at radius 3 is 2.64 bits per heavy atom. The minimum atomic E-state index is -0.719. The van der Waals surface area contributed by atoms with Gasteiger partial charge in [0.1, 0.15) is 18.1 Å². The molecule has 28 heavy (non-hydrogen) atoms. The molecule has 0 bridgehead atoms. The SMILES string of the molecule is Cc1c(COC(=O)COc2ccccc2[N+](=O)[O-])noc1-c1ccc(F)cc1. The second kappa shape index (κ2) is 8.30. The molecule has 0 saturated heterocycles. The van der Waals surface area contributed by atoms with E-state index < -0.39 is 17.5 Å². The zero-order chi connectivity index (χ0) is 20.1. The highest BCUT2D eigenvalue weighted by Gasteiger charge is 2.18. The first-order valence-corrected chi connectivity index (χ1v) is 8.18. The first-order valence-electron chi connectivity index (χ1n) is 8.18. The number of halogens is 1. The van der Waals surface area contributed by atoms with Crippen molar-refractivity contribution < 1.29 is 28.1 Å². The van der Waals surface area contributed by atoms with Crippen LogP contribution in [0.25, 0.3) is 11.3 Å². The van der Waals surface area contributed by atoms with Crippen LogP contribution < -0.4 is 4.74 Å². The lowest BCUT2D eigenvalue weighted by Gasteiger charge is -2.06. The summed E-state index contributed by atoms with van der Waals surface area (Å²) in [4.78, 5) is 22.2. The van der Waals surface area contributed by atoms with Crippen molar-refractivity contribution in [1.29, 1.82) is 0 Å². The van der Waals surface area contributed by atoms with Crippen LogP contribution in [0.4, 0.5) is 10.1 Å². The number of nitro benzene ring substituents is 1. The fourth-order valence-electron chi connectivity index (χ4n) is 2.43. The van der Waals surface area contributed by atoms with Crippen molar-refractivity contribution >= 4 is 11.7 Å². The van der Waals surface area contributed by atoms with Crippen LogP contribution in [0.2, 0.25) is 0 Å². The number of aromatic nitrogens is 1. The largest absolute Gasteiger partial charge is 0.475 e.